The minimum Gasteiger partial charge on any atom is -0.370 e. The van der Waals surface area contributed by atoms with Crippen LogP contribution in [-0.4, -0.2) is 32.8 Å². The van der Waals surface area contributed by atoms with Gasteiger partial charge in [-0.25, -0.2) is 4.98 Å². The monoisotopic (exact) mass is 287 g/mol. The molecule has 112 valence electrons. The van der Waals surface area contributed by atoms with Crippen molar-refractivity contribution in [3.63, 3.8) is 0 Å². The number of aryl methyl sites for hydroxylation is 1. The van der Waals surface area contributed by atoms with Gasteiger partial charge in [-0.15, -0.1) is 0 Å². The van der Waals surface area contributed by atoms with E-state index in [9.17, 15) is 0 Å². The van der Waals surface area contributed by atoms with E-state index in [1.54, 1.807) is 10.9 Å². The van der Waals surface area contributed by atoms with Crippen molar-refractivity contribution in [3.8, 4) is 0 Å². The fourth-order valence-corrected chi connectivity index (χ4v) is 2.21. The summed E-state index contributed by atoms with van der Waals surface area (Å²) in [4.78, 5) is 9.01. The Hall–Kier alpha value is -2.15. The van der Waals surface area contributed by atoms with Gasteiger partial charge >= 0.3 is 0 Å². The molecule has 0 unspecified atom stereocenters. The highest BCUT2D eigenvalue weighted by Gasteiger charge is 2.27. The summed E-state index contributed by atoms with van der Waals surface area (Å²) in [6.07, 6.45) is 8.95. The first-order valence-corrected chi connectivity index (χ1v) is 7.33. The first-order chi connectivity index (χ1) is 10.3. The average molecular weight is 287 g/mol. The van der Waals surface area contributed by atoms with E-state index in [0.717, 1.165) is 24.5 Å². The van der Waals surface area contributed by atoms with Crippen LogP contribution >= 0.6 is 0 Å². The highest BCUT2D eigenvalue weighted by Crippen LogP contribution is 2.42. The van der Waals surface area contributed by atoms with Crippen LogP contribution < -0.4 is 16.4 Å². The minimum absolute atomic E-state index is 0.586. The molecule has 0 aliphatic heterocycles. The maximum Gasteiger partial charge on any atom is 0.229 e. The Morgan fingerprint density at radius 2 is 2.24 bits per heavy atom. The van der Waals surface area contributed by atoms with Gasteiger partial charge in [0.1, 0.15) is 5.82 Å². The van der Waals surface area contributed by atoms with Crippen molar-refractivity contribution in [2.45, 2.75) is 25.2 Å². The van der Waals surface area contributed by atoms with Crippen molar-refractivity contribution in [1.82, 2.24) is 19.7 Å². The molecule has 1 aliphatic carbocycles. The van der Waals surface area contributed by atoms with E-state index in [4.69, 9.17) is 5.73 Å². The first kappa shape index (κ1) is 13.8. The van der Waals surface area contributed by atoms with Gasteiger partial charge in [-0.2, -0.15) is 10.1 Å². The van der Waals surface area contributed by atoms with E-state index in [1.165, 1.54) is 18.4 Å². The summed E-state index contributed by atoms with van der Waals surface area (Å²) in [5, 5.41) is 10.7. The summed E-state index contributed by atoms with van der Waals surface area (Å²) >= 11 is 0. The van der Waals surface area contributed by atoms with E-state index >= 15 is 0 Å². The third kappa shape index (κ3) is 3.49. The van der Waals surface area contributed by atoms with Gasteiger partial charge in [-0.3, -0.25) is 4.68 Å². The Labute approximate surface area is 124 Å². The van der Waals surface area contributed by atoms with Crippen LogP contribution in [-0.2, 0) is 7.05 Å². The molecular formula is C14H21N7. The Morgan fingerprint density at radius 3 is 2.90 bits per heavy atom. The van der Waals surface area contributed by atoms with Gasteiger partial charge in [0, 0.05) is 31.5 Å². The Morgan fingerprint density at radius 1 is 1.38 bits per heavy atom. The summed E-state index contributed by atoms with van der Waals surface area (Å²) in [7, 11) is 1.88. The zero-order valence-corrected chi connectivity index (χ0v) is 12.2. The van der Waals surface area contributed by atoms with E-state index in [1.807, 2.05) is 19.4 Å². The lowest BCUT2D eigenvalue weighted by molar-refractivity contribution is 0.768. The number of hydrogen-bond donors (Lipinski definition) is 3. The molecule has 0 spiro atoms. The Bertz CT molecular complexity index is 603. The number of nitrogens with zero attached hydrogens (tertiary/aromatic N) is 4. The summed E-state index contributed by atoms with van der Waals surface area (Å²) in [6, 6.07) is 0. The first-order valence-electron chi connectivity index (χ1n) is 7.33. The highest BCUT2D eigenvalue weighted by molar-refractivity contribution is 5.55. The molecule has 3 rings (SSSR count). The van der Waals surface area contributed by atoms with Gasteiger partial charge in [0.25, 0.3) is 0 Å². The topological polar surface area (TPSA) is 93.7 Å². The van der Waals surface area contributed by atoms with Crippen molar-refractivity contribution in [1.29, 1.82) is 0 Å². The standard InChI is InChI=1S/C14H21N7/c1-21-9-11(7-18-21)19-14-17-8-12(10-3-4-10)13(20-14)16-6-2-5-15/h7-10H,2-6,15H2,1H3,(H2,16,17,19,20). The molecule has 2 aromatic heterocycles. The van der Waals surface area contributed by atoms with Gasteiger partial charge in [0.15, 0.2) is 0 Å². The van der Waals surface area contributed by atoms with Crippen LogP contribution in [0.15, 0.2) is 18.6 Å². The van der Waals surface area contributed by atoms with Gasteiger partial charge in [-0.1, -0.05) is 0 Å². The quantitative estimate of drug-likeness (QED) is 0.670. The number of nitrogens with one attached hydrogen (secondary N) is 2. The molecule has 0 radical (unpaired) electrons. The van der Waals surface area contributed by atoms with E-state index in [2.05, 4.69) is 25.7 Å². The number of nitrogens with two attached hydrogens (primary N) is 1. The highest BCUT2D eigenvalue weighted by atomic mass is 15.3. The van der Waals surface area contributed by atoms with Crippen molar-refractivity contribution >= 4 is 17.5 Å². The molecule has 1 fully saturated rings. The number of rotatable bonds is 7. The second-order valence-electron chi connectivity index (χ2n) is 5.37. The summed E-state index contributed by atoms with van der Waals surface area (Å²) in [6.45, 7) is 1.51. The molecule has 0 bridgehead atoms. The van der Waals surface area contributed by atoms with Crippen LogP contribution in [0.4, 0.5) is 17.5 Å². The summed E-state index contributed by atoms with van der Waals surface area (Å²) in [5.41, 5.74) is 7.63. The molecule has 0 amide bonds. The predicted molar refractivity (Wildman–Crippen MR) is 82.7 cm³/mol. The van der Waals surface area contributed by atoms with Crippen LogP contribution in [0.25, 0.3) is 0 Å². The summed E-state index contributed by atoms with van der Waals surface area (Å²) < 4.78 is 1.74. The number of anilines is 3. The fourth-order valence-electron chi connectivity index (χ4n) is 2.21. The molecule has 0 atom stereocenters. The molecule has 7 nitrogen and oxygen atoms in total. The van der Waals surface area contributed by atoms with Gasteiger partial charge in [0.2, 0.25) is 5.95 Å². The molecule has 1 saturated carbocycles. The molecule has 7 heteroatoms. The van der Waals surface area contributed by atoms with Crippen LogP contribution in [0.5, 0.6) is 0 Å². The van der Waals surface area contributed by atoms with E-state index in [0.29, 0.717) is 18.4 Å². The Balaban J connectivity index is 1.76. The van der Waals surface area contributed by atoms with Crippen LogP contribution in [0.1, 0.15) is 30.7 Å². The zero-order valence-electron chi connectivity index (χ0n) is 12.2. The van der Waals surface area contributed by atoms with E-state index < -0.39 is 0 Å². The summed E-state index contributed by atoms with van der Waals surface area (Å²) in [5.74, 6) is 2.12. The van der Waals surface area contributed by atoms with Crippen molar-refractivity contribution in [2.75, 3.05) is 23.7 Å². The van der Waals surface area contributed by atoms with Gasteiger partial charge < -0.3 is 16.4 Å². The fraction of sp³-hybridized carbons (Fsp3) is 0.500. The zero-order chi connectivity index (χ0) is 14.7. The lowest BCUT2D eigenvalue weighted by atomic mass is 10.2. The van der Waals surface area contributed by atoms with Gasteiger partial charge in [0.05, 0.1) is 11.9 Å². The molecule has 0 saturated heterocycles. The molecule has 2 heterocycles. The van der Waals surface area contributed by atoms with Crippen molar-refractivity contribution in [3.05, 3.63) is 24.2 Å². The maximum absolute atomic E-state index is 5.54. The lowest BCUT2D eigenvalue weighted by Gasteiger charge is -2.11. The largest absolute Gasteiger partial charge is 0.370 e. The van der Waals surface area contributed by atoms with Crippen LogP contribution in [0.2, 0.25) is 0 Å². The molecule has 1 aliphatic rings. The third-order valence-electron chi connectivity index (χ3n) is 3.47. The van der Waals surface area contributed by atoms with Crippen molar-refractivity contribution in [2.24, 2.45) is 12.8 Å². The minimum atomic E-state index is 0.586. The lowest BCUT2D eigenvalue weighted by Crippen LogP contribution is -2.12. The third-order valence-corrected chi connectivity index (χ3v) is 3.47. The van der Waals surface area contributed by atoms with Gasteiger partial charge in [-0.05, 0) is 31.7 Å². The second-order valence-corrected chi connectivity index (χ2v) is 5.37. The maximum atomic E-state index is 5.54. The Kier molecular flexibility index (Phi) is 4.01. The molecule has 0 aromatic carbocycles. The van der Waals surface area contributed by atoms with E-state index in [-0.39, 0.29) is 0 Å². The average Bonchev–Trinajstić information content (AvgIpc) is 3.23. The second kappa shape index (κ2) is 6.09. The molecule has 4 N–H and O–H groups in total. The smallest absolute Gasteiger partial charge is 0.229 e. The van der Waals surface area contributed by atoms with Crippen LogP contribution in [0.3, 0.4) is 0 Å². The molecule has 21 heavy (non-hydrogen) atoms. The van der Waals surface area contributed by atoms with Crippen LogP contribution in [0, 0.1) is 0 Å². The normalized spacial score (nSPS) is 14.2. The predicted octanol–water partition coefficient (Wildman–Crippen LogP) is 1.59. The van der Waals surface area contributed by atoms with Crippen molar-refractivity contribution < 1.29 is 0 Å². The number of aromatic nitrogens is 4. The molecular weight excluding hydrogens is 266 g/mol. The SMILES string of the molecule is Cn1cc(Nc2ncc(C3CC3)c(NCCCN)n2)cn1. The number of hydrogen-bond acceptors (Lipinski definition) is 6. The molecule has 2 aromatic rings.